The van der Waals surface area contributed by atoms with Gasteiger partial charge >= 0.3 is 0 Å². The van der Waals surface area contributed by atoms with E-state index in [-0.39, 0.29) is 17.4 Å². The van der Waals surface area contributed by atoms with Crippen LogP contribution in [0.5, 0.6) is 0 Å². The molecule has 132 valence electrons. The number of hydrogen-bond acceptors (Lipinski definition) is 3. The number of aliphatic hydroxyl groups is 1. The van der Waals surface area contributed by atoms with Crippen LogP contribution in [0.4, 0.5) is 0 Å². The summed E-state index contributed by atoms with van der Waals surface area (Å²) in [5.74, 6) is 0.602. The third-order valence-corrected chi connectivity index (χ3v) is 6.11. The van der Waals surface area contributed by atoms with Crippen molar-refractivity contribution in [2.45, 2.75) is 58.1 Å². The Morgan fingerprint density at radius 1 is 1.38 bits per heavy atom. The molecule has 2 heterocycles. The fourth-order valence-electron chi connectivity index (χ4n) is 4.16. The Bertz CT molecular complexity index is 665. The summed E-state index contributed by atoms with van der Waals surface area (Å²) in [5.41, 5.74) is 0.220. The molecule has 3 rings (SSSR count). The highest BCUT2D eigenvalue weighted by molar-refractivity contribution is 5.76. The van der Waals surface area contributed by atoms with Gasteiger partial charge < -0.3 is 14.6 Å². The number of aromatic nitrogens is 1. The summed E-state index contributed by atoms with van der Waals surface area (Å²) in [6, 6.07) is 5.15. The molecule has 5 nitrogen and oxygen atoms in total. The second-order valence-corrected chi connectivity index (χ2v) is 7.52. The molecule has 0 radical (unpaired) electrons. The minimum Gasteiger partial charge on any atom is -0.389 e. The highest BCUT2D eigenvalue weighted by Crippen LogP contribution is 2.44. The molecule has 1 aromatic rings. The number of likely N-dealkylation sites (tertiary alicyclic amines) is 1. The minimum atomic E-state index is -0.595. The molecule has 2 aliphatic rings. The third kappa shape index (κ3) is 3.14. The Labute approximate surface area is 143 Å². The lowest BCUT2D eigenvalue weighted by molar-refractivity contribution is -0.150. The average Bonchev–Trinajstić information content (AvgIpc) is 2.47. The van der Waals surface area contributed by atoms with E-state index >= 15 is 0 Å². The predicted molar refractivity (Wildman–Crippen MR) is 92.7 cm³/mol. The van der Waals surface area contributed by atoms with E-state index in [9.17, 15) is 14.7 Å². The predicted octanol–water partition coefficient (Wildman–Crippen LogP) is 1.95. The molecule has 2 fully saturated rings. The first kappa shape index (κ1) is 17.2. The molecule has 0 unspecified atom stereocenters. The van der Waals surface area contributed by atoms with E-state index in [2.05, 4.69) is 6.92 Å². The van der Waals surface area contributed by atoms with Gasteiger partial charge in [0.1, 0.15) is 0 Å². The van der Waals surface area contributed by atoms with Crippen molar-refractivity contribution in [1.29, 1.82) is 0 Å². The van der Waals surface area contributed by atoms with Crippen molar-refractivity contribution in [2.75, 3.05) is 13.1 Å². The zero-order chi connectivity index (χ0) is 17.3. The molecule has 2 atom stereocenters. The van der Waals surface area contributed by atoms with Crippen LogP contribution in [0.1, 0.15) is 44.7 Å². The Morgan fingerprint density at radius 3 is 2.71 bits per heavy atom. The average molecular weight is 332 g/mol. The van der Waals surface area contributed by atoms with Gasteiger partial charge in [0.25, 0.3) is 5.56 Å². The molecule has 0 aromatic carbocycles. The van der Waals surface area contributed by atoms with E-state index < -0.39 is 5.60 Å². The first-order chi connectivity index (χ1) is 11.4. The van der Waals surface area contributed by atoms with Crippen molar-refractivity contribution in [3.05, 3.63) is 34.2 Å². The molecule has 1 aromatic heterocycles. The normalized spacial score (nSPS) is 27.8. The molecular formula is C19H28N2O3. The fraction of sp³-hybridized carbons (Fsp3) is 0.684. The van der Waals surface area contributed by atoms with Crippen molar-refractivity contribution in [1.82, 2.24) is 9.47 Å². The molecule has 1 saturated heterocycles. The van der Waals surface area contributed by atoms with Gasteiger partial charge in [-0.2, -0.15) is 0 Å². The lowest BCUT2D eigenvalue weighted by Gasteiger charge is -2.50. The summed E-state index contributed by atoms with van der Waals surface area (Å²) >= 11 is 0. The molecule has 1 saturated carbocycles. The van der Waals surface area contributed by atoms with Crippen molar-refractivity contribution in [3.8, 4) is 0 Å². The first-order valence-electron chi connectivity index (χ1n) is 9.08. The number of pyridine rings is 1. The van der Waals surface area contributed by atoms with E-state index in [0.717, 1.165) is 18.5 Å². The van der Waals surface area contributed by atoms with E-state index in [4.69, 9.17) is 0 Å². The molecule has 24 heavy (non-hydrogen) atoms. The number of carbonyl (C=O) groups excluding carboxylic acids is 1. The van der Waals surface area contributed by atoms with Crippen LogP contribution in [0.3, 0.4) is 0 Å². The van der Waals surface area contributed by atoms with Crippen LogP contribution in [0.2, 0.25) is 0 Å². The minimum absolute atomic E-state index is 0.0610. The number of carbonyl (C=O) groups is 1. The van der Waals surface area contributed by atoms with E-state index in [1.54, 1.807) is 10.6 Å². The lowest BCUT2D eigenvalue weighted by atomic mass is 9.65. The number of amides is 1. The maximum atomic E-state index is 12.5. The Balaban J connectivity index is 1.58. The smallest absolute Gasteiger partial charge is 0.250 e. The van der Waals surface area contributed by atoms with Crippen molar-refractivity contribution >= 4 is 5.91 Å². The molecular weight excluding hydrogens is 304 g/mol. The molecule has 1 N–H and O–H groups in total. The molecule has 1 aliphatic carbocycles. The Morgan fingerprint density at radius 2 is 2.12 bits per heavy atom. The summed E-state index contributed by atoms with van der Waals surface area (Å²) in [6.45, 7) is 5.60. The van der Waals surface area contributed by atoms with Crippen molar-refractivity contribution in [2.24, 2.45) is 11.8 Å². The van der Waals surface area contributed by atoms with Gasteiger partial charge in [0.15, 0.2) is 0 Å². The quantitative estimate of drug-likeness (QED) is 0.916. The number of nitrogens with zero attached hydrogens (tertiary/aromatic N) is 2. The van der Waals surface area contributed by atoms with Crippen LogP contribution in [0.15, 0.2) is 23.0 Å². The van der Waals surface area contributed by atoms with Gasteiger partial charge in [-0.25, -0.2) is 0 Å². The van der Waals surface area contributed by atoms with Crippen molar-refractivity contribution < 1.29 is 9.90 Å². The molecule has 1 amide bonds. The summed E-state index contributed by atoms with van der Waals surface area (Å²) in [4.78, 5) is 26.3. The zero-order valence-electron chi connectivity index (χ0n) is 14.7. The highest BCUT2D eigenvalue weighted by Gasteiger charge is 2.47. The van der Waals surface area contributed by atoms with Crippen LogP contribution < -0.4 is 5.56 Å². The van der Waals surface area contributed by atoms with E-state index in [1.165, 1.54) is 12.5 Å². The van der Waals surface area contributed by atoms with Crippen molar-refractivity contribution in [3.63, 3.8) is 0 Å². The lowest BCUT2D eigenvalue weighted by Crippen LogP contribution is -2.57. The van der Waals surface area contributed by atoms with Gasteiger partial charge in [-0.3, -0.25) is 9.59 Å². The summed E-state index contributed by atoms with van der Waals surface area (Å²) in [7, 11) is 0. The van der Waals surface area contributed by atoms with Gasteiger partial charge in [-0.15, -0.1) is 0 Å². The van der Waals surface area contributed by atoms with Gasteiger partial charge in [-0.05, 0) is 38.2 Å². The largest absolute Gasteiger partial charge is 0.389 e. The number of piperidine rings is 1. The molecule has 0 spiro atoms. The first-order valence-corrected chi connectivity index (χ1v) is 9.08. The monoisotopic (exact) mass is 332 g/mol. The zero-order valence-corrected chi connectivity index (χ0v) is 14.7. The van der Waals surface area contributed by atoms with Gasteiger partial charge in [-0.1, -0.05) is 19.4 Å². The maximum absolute atomic E-state index is 12.5. The van der Waals surface area contributed by atoms with Gasteiger partial charge in [0.2, 0.25) is 5.91 Å². The van der Waals surface area contributed by atoms with Crippen LogP contribution in [-0.4, -0.2) is 39.2 Å². The van der Waals surface area contributed by atoms with Crippen LogP contribution >= 0.6 is 0 Å². The molecule has 0 bridgehead atoms. The number of aryl methyl sites for hydroxylation is 1. The Kier molecular flexibility index (Phi) is 4.81. The highest BCUT2D eigenvalue weighted by atomic mass is 16.3. The summed E-state index contributed by atoms with van der Waals surface area (Å²) in [5, 5.41) is 11.0. The van der Waals surface area contributed by atoms with E-state index in [0.29, 0.717) is 38.4 Å². The number of rotatable bonds is 4. The Hall–Kier alpha value is -1.62. The maximum Gasteiger partial charge on any atom is 0.250 e. The molecule has 1 aliphatic heterocycles. The van der Waals surface area contributed by atoms with E-state index in [1.807, 2.05) is 17.9 Å². The summed E-state index contributed by atoms with van der Waals surface area (Å²) < 4.78 is 1.65. The second-order valence-electron chi connectivity index (χ2n) is 7.52. The summed E-state index contributed by atoms with van der Waals surface area (Å²) in [6.07, 6.45) is 4.46. The van der Waals surface area contributed by atoms with Gasteiger partial charge in [0, 0.05) is 43.7 Å². The number of hydrogen-bond donors (Lipinski definition) is 1. The van der Waals surface area contributed by atoms with Crippen LogP contribution in [0, 0.1) is 18.8 Å². The fourth-order valence-corrected chi connectivity index (χ4v) is 4.16. The second kappa shape index (κ2) is 6.71. The third-order valence-electron chi connectivity index (χ3n) is 6.11. The van der Waals surface area contributed by atoms with Crippen LogP contribution in [-0.2, 0) is 11.3 Å². The van der Waals surface area contributed by atoms with Crippen LogP contribution in [0.25, 0.3) is 0 Å². The van der Waals surface area contributed by atoms with Gasteiger partial charge in [0.05, 0.1) is 5.60 Å². The molecule has 5 heteroatoms. The SMILES string of the molecule is Cc1cccc(=O)n1CCC(=O)N1CC[C@@](O)(C2CCC2)[C@H](C)C1. The topological polar surface area (TPSA) is 62.5 Å². The standard InChI is InChI=1S/C19H28N2O3/c1-14-13-20(12-10-19(14,24)16-6-4-7-16)17(22)9-11-21-15(2)5-3-8-18(21)23/h3,5,8,14,16,24H,4,6-7,9-13H2,1-2H3/t14-,19+/m1/s1.